The zero-order valence-corrected chi connectivity index (χ0v) is 12.5. The van der Waals surface area contributed by atoms with Crippen LogP contribution in [0.2, 0.25) is 0 Å². The number of fused-ring (bicyclic) bond motifs is 1. The van der Waals surface area contributed by atoms with Crippen molar-refractivity contribution in [2.24, 2.45) is 7.05 Å². The van der Waals surface area contributed by atoms with E-state index in [0.717, 1.165) is 11.6 Å². The van der Waals surface area contributed by atoms with Crippen LogP contribution in [-0.4, -0.2) is 13.8 Å². The highest BCUT2D eigenvalue weighted by Gasteiger charge is 2.31. The summed E-state index contributed by atoms with van der Waals surface area (Å²) in [4.78, 5) is 1.24. The molecule has 3 aromatic rings. The first-order valence-electron chi connectivity index (χ1n) is 7.02. The normalized spacial score (nSPS) is 15.1. The monoisotopic (exact) mass is 283 g/mol. The van der Waals surface area contributed by atoms with Crippen molar-refractivity contribution in [1.82, 2.24) is 13.8 Å². The molecule has 4 rings (SSSR count). The molecule has 0 atom stereocenters. The van der Waals surface area contributed by atoms with E-state index in [9.17, 15) is 0 Å². The van der Waals surface area contributed by atoms with Crippen molar-refractivity contribution >= 4 is 23.0 Å². The van der Waals surface area contributed by atoms with E-state index in [1.807, 2.05) is 6.07 Å². The van der Waals surface area contributed by atoms with Crippen molar-refractivity contribution in [2.75, 3.05) is 0 Å². The molecule has 0 saturated heterocycles. The Bertz CT molecular complexity index is 766. The number of aryl methyl sites for hydroxylation is 2. The summed E-state index contributed by atoms with van der Waals surface area (Å²) in [6, 6.07) is 10.5. The fourth-order valence-electron chi connectivity index (χ4n) is 2.85. The molecule has 20 heavy (non-hydrogen) atoms. The number of aromatic nitrogens is 3. The molecule has 1 aliphatic rings. The molecule has 0 unspecified atom stereocenters. The molecule has 0 bridgehead atoms. The van der Waals surface area contributed by atoms with Crippen LogP contribution in [0, 0.1) is 6.92 Å². The third-order valence-corrected chi connectivity index (χ3v) is 4.86. The molecule has 1 saturated carbocycles. The first kappa shape index (κ1) is 12.1. The van der Waals surface area contributed by atoms with Crippen molar-refractivity contribution in [3.05, 3.63) is 47.8 Å². The molecule has 0 N–H and O–H groups in total. The van der Waals surface area contributed by atoms with Gasteiger partial charge in [-0.05, 0) is 49.4 Å². The standard InChI is InChI=1S/C16H17N3S/c1-11-10-19(20-13-6-4-3-5-7-13)16-14(11)15(12-8-9-12)18(2)17-16/h3-7,10,12H,8-9H2,1-2H3. The number of hydrogen-bond donors (Lipinski definition) is 0. The van der Waals surface area contributed by atoms with Crippen molar-refractivity contribution in [3.8, 4) is 0 Å². The zero-order chi connectivity index (χ0) is 13.7. The van der Waals surface area contributed by atoms with Crippen LogP contribution < -0.4 is 0 Å². The smallest absolute Gasteiger partial charge is 0.172 e. The Balaban J connectivity index is 1.83. The predicted octanol–water partition coefficient (Wildman–Crippen LogP) is 4.12. The second-order valence-electron chi connectivity index (χ2n) is 5.52. The summed E-state index contributed by atoms with van der Waals surface area (Å²) in [6.07, 6.45) is 4.83. The van der Waals surface area contributed by atoms with E-state index in [1.54, 1.807) is 11.9 Å². The van der Waals surface area contributed by atoms with E-state index >= 15 is 0 Å². The first-order valence-corrected chi connectivity index (χ1v) is 7.79. The van der Waals surface area contributed by atoms with Crippen LogP contribution in [0.1, 0.15) is 30.0 Å². The van der Waals surface area contributed by atoms with Crippen LogP contribution in [-0.2, 0) is 7.05 Å². The number of benzene rings is 1. The van der Waals surface area contributed by atoms with Crippen molar-refractivity contribution < 1.29 is 0 Å². The maximum atomic E-state index is 4.75. The molecule has 1 aliphatic carbocycles. The number of rotatable bonds is 3. The van der Waals surface area contributed by atoms with Gasteiger partial charge in [-0.1, -0.05) is 18.2 Å². The molecule has 1 aromatic carbocycles. The van der Waals surface area contributed by atoms with Crippen LogP contribution in [0.4, 0.5) is 0 Å². The van der Waals surface area contributed by atoms with E-state index in [2.05, 4.69) is 53.1 Å². The highest BCUT2D eigenvalue weighted by molar-refractivity contribution is 7.98. The molecule has 0 radical (unpaired) electrons. The van der Waals surface area contributed by atoms with Gasteiger partial charge in [-0.15, -0.1) is 0 Å². The van der Waals surface area contributed by atoms with Gasteiger partial charge in [0.2, 0.25) is 0 Å². The van der Waals surface area contributed by atoms with E-state index < -0.39 is 0 Å². The molecule has 0 spiro atoms. The summed E-state index contributed by atoms with van der Waals surface area (Å²) in [5, 5.41) is 6.11. The first-order chi connectivity index (χ1) is 9.74. The summed E-state index contributed by atoms with van der Waals surface area (Å²) >= 11 is 1.73. The van der Waals surface area contributed by atoms with E-state index in [-0.39, 0.29) is 0 Å². The maximum Gasteiger partial charge on any atom is 0.172 e. The van der Waals surface area contributed by atoms with Gasteiger partial charge in [0.25, 0.3) is 0 Å². The molecule has 4 heteroatoms. The van der Waals surface area contributed by atoms with Gasteiger partial charge >= 0.3 is 0 Å². The van der Waals surface area contributed by atoms with Gasteiger partial charge in [-0.2, -0.15) is 5.10 Å². The molecular formula is C16H17N3S. The quantitative estimate of drug-likeness (QED) is 0.721. The minimum atomic E-state index is 0.723. The fraction of sp³-hybridized carbons (Fsp3) is 0.312. The van der Waals surface area contributed by atoms with Crippen molar-refractivity contribution in [2.45, 2.75) is 30.6 Å². The average Bonchev–Trinajstić information content (AvgIpc) is 3.15. The second-order valence-corrected chi connectivity index (χ2v) is 6.57. The van der Waals surface area contributed by atoms with Gasteiger partial charge in [0.15, 0.2) is 5.65 Å². The zero-order valence-electron chi connectivity index (χ0n) is 11.7. The van der Waals surface area contributed by atoms with Crippen LogP contribution in [0.3, 0.4) is 0 Å². The Morgan fingerprint density at radius 1 is 1.20 bits per heavy atom. The van der Waals surface area contributed by atoms with Gasteiger partial charge in [0.1, 0.15) is 0 Å². The lowest BCUT2D eigenvalue weighted by Gasteiger charge is -2.02. The van der Waals surface area contributed by atoms with Gasteiger partial charge in [-0.25, -0.2) is 0 Å². The average molecular weight is 283 g/mol. The van der Waals surface area contributed by atoms with E-state index in [1.165, 1.54) is 34.4 Å². The lowest BCUT2D eigenvalue weighted by molar-refractivity contribution is 0.719. The lowest BCUT2D eigenvalue weighted by Crippen LogP contribution is -1.97. The summed E-state index contributed by atoms with van der Waals surface area (Å²) in [6.45, 7) is 2.19. The third kappa shape index (κ3) is 1.86. The highest BCUT2D eigenvalue weighted by Crippen LogP contribution is 2.44. The molecular weight excluding hydrogens is 266 g/mol. The molecule has 0 amide bonds. The predicted molar refractivity (Wildman–Crippen MR) is 83.1 cm³/mol. The minimum Gasteiger partial charge on any atom is -0.270 e. The Morgan fingerprint density at radius 2 is 1.95 bits per heavy atom. The lowest BCUT2D eigenvalue weighted by atomic mass is 10.1. The molecule has 2 aromatic heterocycles. The Morgan fingerprint density at radius 3 is 2.65 bits per heavy atom. The largest absolute Gasteiger partial charge is 0.270 e. The van der Waals surface area contributed by atoms with E-state index in [4.69, 9.17) is 5.10 Å². The van der Waals surface area contributed by atoms with Crippen LogP contribution in [0.25, 0.3) is 11.0 Å². The number of hydrogen-bond acceptors (Lipinski definition) is 2. The Kier molecular flexibility index (Phi) is 2.67. The topological polar surface area (TPSA) is 22.8 Å². The molecule has 2 heterocycles. The van der Waals surface area contributed by atoms with E-state index in [0.29, 0.717) is 0 Å². The van der Waals surface area contributed by atoms with Gasteiger partial charge in [0.05, 0.1) is 5.69 Å². The van der Waals surface area contributed by atoms with Gasteiger partial charge in [-0.3, -0.25) is 8.65 Å². The van der Waals surface area contributed by atoms with Crippen molar-refractivity contribution in [1.29, 1.82) is 0 Å². The Hall–Kier alpha value is -1.68. The van der Waals surface area contributed by atoms with Gasteiger partial charge in [0, 0.05) is 29.4 Å². The molecule has 1 fully saturated rings. The van der Waals surface area contributed by atoms with Crippen LogP contribution in [0.15, 0.2) is 41.4 Å². The summed E-state index contributed by atoms with van der Waals surface area (Å²) in [7, 11) is 2.07. The number of nitrogens with zero attached hydrogens (tertiary/aromatic N) is 3. The highest BCUT2D eigenvalue weighted by atomic mass is 32.2. The summed E-state index contributed by atoms with van der Waals surface area (Å²) < 4.78 is 4.28. The van der Waals surface area contributed by atoms with Crippen molar-refractivity contribution in [3.63, 3.8) is 0 Å². The summed E-state index contributed by atoms with van der Waals surface area (Å²) in [5.41, 5.74) is 3.85. The molecule has 102 valence electrons. The SMILES string of the molecule is Cc1cn(Sc2ccccc2)c2nn(C)c(C3CC3)c12. The Labute approximate surface area is 122 Å². The third-order valence-electron chi connectivity index (χ3n) is 3.90. The minimum absolute atomic E-state index is 0.723. The molecule has 3 nitrogen and oxygen atoms in total. The molecule has 0 aliphatic heterocycles. The maximum absolute atomic E-state index is 4.75. The fourth-order valence-corrected chi connectivity index (χ4v) is 3.78. The van der Waals surface area contributed by atoms with Crippen LogP contribution >= 0.6 is 11.9 Å². The van der Waals surface area contributed by atoms with Gasteiger partial charge < -0.3 is 0 Å². The second kappa shape index (κ2) is 4.42. The summed E-state index contributed by atoms with van der Waals surface area (Å²) in [5.74, 6) is 0.723. The van der Waals surface area contributed by atoms with Crippen LogP contribution in [0.5, 0.6) is 0 Å².